The predicted molar refractivity (Wildman–Crippen MR) is 198 cm³/mol. The molecule has 0 saturated carbocycles. The fourth-order valence-electron chi connectivity index (χ4n) is 8.20. The number of hydrogen-bond acceptors (Lipinski definition) is 7. The highest BCUT2D eigenvalue weighted by molar-refractivity contribution is 6.71. The van der Waals surface area contributed by atoms with Crippen molar-refractivity contribution in [3.05, 3.63) is 138 Å². The molecule has 1 aromatic heterocycles. The summed E-state index contributed by atoms with van der Waals surface area (Å²) in [5.41, 5.74) is 4.04. The van der Waals surface area contributed by atoms with Crippen molar-refractivity contribution < 1.29 is 24.2 Å². The third-order valence-corrected chi connectivity index (χ3v) is 13.0. The summed E-state index contributed by atoms with van der Waals surface area (Å²) in [7, 11) is -2.86. The van der Waals surface area contributed by atoms with Crippen LogP contribution in [0, 0.1) is 5.92 Å². The number of fused-ring (bicyclic) bond motifs is 2. The Bertz CT molecular complexity index is 2000. The predicted octanol–water partition coefficient (Wildman–Crippen LogP) is 6.13. The number of anilines is 3. The zero-order valence-corrected chi connectivity index (χ0v) is 30.0. The highest BCUT2D eigenvalue weighted by atomic mass is 28.4. The van der Waals surface area contributed by atoms with E-state index in [9.17, 15) is 19.5 Å². The molecular formula is C40H43N5O5Si. The zero-order chi connectivity index (χ0) is 35.8. The van der Waals surface area contributed by atoms with Gasteiger partial charge in [-0.05, 0) is 61.0 Å². The quantitative estimate of drug-likeness (QED) is 0.119. The molecule has 1 spiro atoms. The van der Waals surface area contributed by atoms with Crippen molar-refractivity contribution in [3.8, 4) is 0 Å². The number of aliphatic hydroxyl groups is 1. The fraction of sp³-hybridized carbons (Fsp3) is 0.300. The van der Waals surface area contributed by atoms with Crippen LogP contribution in [0.5, 0.6) is 0 Å². The van der Waals surface area contributed by atoms with Gasteiger partial charge in [-0.25, -0.2) is 0 Å². The number of benzene rings is 4. The molecule has 5 aromatic rings. The lowest BCUT2D eigenvalue weighted by Crippen LogP contribution is -2.46. The molecule has 11 heteroatoms. The van der Waals surface area contributed by atoms with Gasteiger partial charge in [0.1, 0.15) is 0 Å². The summed E-state index contributed by atoms with van der Waals surface area (Å²) in [4.78, 5) is 42.1. The van der Waals surface area contributed by atoms with E-state index >= 15 is 0 Å². The Morgan fingerprint density at radius 1 is 0.961 bits per heavy atom. The molecule has 2 N–H and O–H groups in total. The Labute approximate surface area is 299 Å². The third kappa shape index (κ3) is 6.31. The van der Waals surface area contributed by atoms with Crippen molar-refractivity contribution in [3.63, 3.8) is 0 Å². The largest absolute Gasteiger partial charge is 0.432 e. The van der Waals surface area contributed by atoms with Crippen LogP contribution in [0.1, 0.15) is 41.6 Å². The van der Waals surface area contributed by atoms with Crippen LogP contribution < -0.4 is 9.80 Å². The second-order valence-electron chi connectivity index (χ2n) is 14.1. The Morgan fingerprint density at radius 2 is 1.65 bits per heavy atom. The van der Waals surface area contributed by atoms with Gasteiger partial charge in [-0.1, -0.05) is 91.0 Å². The third-order valence-electron chi connectivity index (χ3n) is 10.5. The Balaban J connectivity index is 1.16. The molecule has 3 heterocycles. The van der Waals surface area contributed by atoms with Crippen LogP contribution in [-0.4, -0.2) is 58.2 Å². The van der Waals surface area contributed by atoms with Crippen molar-refractivity contribution in [2.75, 3.05) is 16.4 Å². The minimum Gasteiger partial charge on any atom is -0.432 e. The number of aliphatic hydroxyl groups excluding tert-OH is 1. The van der Waals surface area contributed by atoms with Crippen molar-refractivity contribution >= 4 is 37.7 Å². The van der Waals surface area contributed by atoms with Crippen LogP contribution in [0.25, 0.3) is 0 Å². The summed E-state index contributed by atoms with van der Waals surface area (Å²) < 4.78 is 8.75. The van der Waals surface area contributed by atoms with Gasteiger partial charge < -0.3 is 19.5 Å². The van der Waals surface area contributed by atoms with E-state index in [0.717, 1.165) is 34.5 Å². The molecule has 2 aliphatic heterocycles. The number of ether oxygens (including phenoxy) is 1. The van der Waals surface area contributed by atoms with Gasteiger partial charge >= 0.3 is 0 Å². The number of rotatable bonds is 12. The van der Waals surface area contributed by atoms with Crippen LogP contribution in [0.15, 0.2) is 115 Å². The SMILES string of the molecule is C[C@H]1[C@H]([Si](C)(C)O)[C@@H](CCn2cc(C(CO)c3ccccc3)nn2)O[C@]12C(=O)N(Cc1cccc(N(C=O)c3ccccc3)c1)c1ccccc12. The summed E-state index contributed by atoms with van der Waals surface area (Å²) in [6.07, 6.45) is 2.76. The van der Waals surface area contributed by atoms with E-state index < -0.39 is 20.0 Å². The summed E-state index contributed by atoms with van der Waals surface area (Å²) in [5.74, 6) is -0.744. The highest BCUT2D eigenvalue weighted by Gasteiger charge is 2.66. The molecular weight excluding hydrogens is 659 g/mol. The van der Waals surface area contributed by atoms with E-state index in [1.165, 1.54) is 0 Å². The number of carbonyl (C=O) groups is 2. The van der Waals surface area contributed by atoms with Crippen molar-refractivity contribution in [1.82, 2.24) is 15.0 Å². The van der Waals surface area contributed by atoms with E-state index in [-0.39, 0.29) is 36.4 Å². The maximum atomic E-state index is 14.9. The Kier molecular flexibility index (Phi) is 9.47. The molecule has 0 aliphatic carbocycles. The second kappa shape index (κ2) is 14.0. The molecule has 5 atom stereocenters. The topological polar surface area (TPSA) is 121 Å². The Morgan fingerprint density at radius 3 is 2.35 bits per heavy atom. The molecule has 262 valence electrons. The molecule has 10 nitrogen and oxygen atoms in total. The highest BCUT2D eigenvalue weighted by Crippen LogP contribution is 2.59. The van der Waals surface area contributed by atoms with Gasteiger partial charge in [0.2, 0.25) is 6.41 Å². The minimum atomic E-state index is -2.86. The molecule has 51 heavy (non-hydrogen) atoms. The number of carbonyl (C=O) groups excluding carboxylic acids is 2. The van der Waals surface area contributed by atoms with Crippen LogP contribution in [-0.2, 0) is 33.0 Å². The van der Waals surface area contributed by atoms with Gasteiger partial charge in [0.05, 0.1) is 36.6 Å². The zero-order valence-electron chi connectivity index (χ0n) is 29.0. The van der Waals surface area contributed by atoms with Crippen molar-refractivity contribution in [2.24, 2.45) is 5.92 Å². The van der Waals surface area contributed by atoms with Gasteiger partial charge in [-0.15, -0.1) is 5.10 Å². The van der Waals surface area contributed by atoms with E-state index in [0.29, 0.717) is 24.3 Å². The molecule has 2 aliphatic rings. The average Bonchev–Trinajstić information content (AvgIpc) is 3.79. The average molecular weight is 702 g/mol. The molecule has 0 bridgehead atoms. The fourth-order valence-corrected chi connectivity index (χ4v) is 10.8. The number of nitrogens with zero attached hydrogens (tertiary/aromatic N) is 5. The normalized spacial score (nSPS) is 21.9. The number of hydrogen-bond donors (Lipinski definition) is 2. The smallest absolute Gasteiger partial charge is 0.264 e. The Hall–Kier alpha value is -4.94. The minimum absolute atomic E-state index is 0.0917. The molecule has 1 saturated heterocycles. The molecule has 7 rings (SSSR count). The lowest BCUT2D eigenvalue weighted by atomic mass is 9.82. The lowest BCUT2D eigenvalue weighted by molar-refractivity contribution is -0.146. The number of aromatic nitrogens is 3. The van der Waals surface area contributed by atoms with Gasteiger partial charge in [0.25, 0.3) is 5.91 Å². The standard InChI is InChI=1S/C40H43N5O5Si/c1-28-38(51(2,3)49)37(21-22-43-25-35(41-42-43)33(26-46)30-14-6-4-7-15-30)50-40(28)34-19-10-11-20-36(34)44(39(40)48)24-29-13-12-18-32(23-29)45(27-47)31-16-8-5-9-17-31/h4-20,23,25,27-28,33,37-38,46,49H,21-22,24,26H2,1-3H3/t28-,33?,37+,38-,40+/m0/s1. The van der Waals surface area contributed by atoms with Gasteiger partial charge in [0, 0.05) is 41.1 Å². The summed E-state index contributed by atoms with van der Waals surface area (Å²) in [6.45, 7) is 6.54. The van der Waals surface area contributed by atoms with Crippen molar-refractivity contribution in [2.45, 2.75) is 62.7 Å². The first kappa shape index (κ1) is 34.5. The summed E-state index contributed by atoms with van der Waals surface area (Å²) in [5, 5.41) is 18.9. The van der Waals surface area contributed by atoms with Crippen molar-refractivity contribution in [1.29, 1.82) is 0 Å². The first-order valence-electron chi connectivity index (χ1n) is 17.4. The van der Waals surface area contributed by atoms with E-state index in [4.69, 9.17) is 4.74 Å². The molecule has 0 radical (unpaired) electrons. The molecule has 1 fully saturated rings. The second-order valence-corrected chi connectivity index (χ2v) is 18.1. The first-order valence-corrected chi connectivity index (χ1v) is 20.4. The van der Waals surface area contributed by atoms with E-state index in [2.05, 4.69) is 10.3 Å². The van der Waals surface area contributed by atoms with Gasteiger partial charge in [-0.3, -0.25) is 19.2 Å². The van der Waals surface area contributed by atoms with Gasteiger partial charge in [0.15, 0.2) is 13.9 Å². The number of amides is 2. The maximum Gasteiger partial charge on any atom is 0.264 e. The van der Waals surface area contributed by atoms with Gasteiger partial charge in [-0.2, -0.15) is 0 Å². The number of para-hydroxylation sites is 2. The van der Waals surface area contributed by atoms with Crippen LogP contribution in [0.4, 0.5) is 17.1 Å². The summed E-state index contributed by atoms with van der Waals surface area (Å²) >= 11 is 0. The van der Waals surface area contributed by atoms with Crippen LogP contribution in [0.2, 0.25) is 18.6 Å². The molecule has 2 amide bonds. The lowest BCUT2D eigenvalue weighted by Gasteiger charge is -2.32. The van der Waals surface area contributed by atoms with E-state index in [1.807, 2.05) is 135 Å². The van der Waals surface area contributed by atoms with E-state index in [1.54, 1.807) is 14.5 Å². The first-order chi connectivity index (χ1) is 24.7. The molecule has 1 unspecified atom stereocenters. The summed E-state index contributed by atoms with van der Waals surface area (Å²) in [6, 6.07) is 34.6. The maximum absolute atomic E-state index is 14.9. The molecule has 4 aromatic carbocycles. The van der Waals surface area contributed by atoms with Crippen LogP contribution >= 0.6 is 0 Å². The monoisotopic (exact) mass is 701 g/mol. The number of aryl methyl sites for hydroxylation is 1. The van der Waals surface area contributed by atoms with Crippen LogP contribution in [0.3, 0.4) is 0 Å².